The molecule has 0 bridgehead atoms. The maximum absolute atomic E-state index is 12.6. The van der Waals surface area contributed by atoms with Gasteiger partial charge >= 0.3 is 5.97 Å². The van der Waals surface area contributed by atoms with E-state index in [0.29, 0.717) is 17.9 Å². The van der Waals surface area contributed by atoms with Gasteiger partial charge in [-0.15, -0.1) is 0 Å². The van der Waals surface area contributed by atoms with Gasteiger partial charge in [-0.25, -0.2) is 4.79 Å². The molecule has 0 amide bonds. The zero-order chi connectivity index (χ0) is 20.4. The molecule has 1 rings (SSSR count). The highest BCUT2D eigenvalue weighted by atomic mass is 16.5. The molecule has 0 aliphatic carbocycles. The lowest BCUT2D eigenvalue weighted by atomic mass is 9.87. The molecular weight excluding hydrogens is 342 g/mol. The Balaban J connectivity index is 2.99. The predicted octanol–water partition coefficient (Wildman–Crippen LogP) is 3.91. The van der Waals surface area contributed by atoms with E-state index in [9.17, 15) is 4.79 Å². The third kappa shape index (κ3) is 5.94. The fraction of sp³-hybridized carbons (Fsp3) is 0.500. The Morgan fingerprint density at radius 1 is 1.15 bits per heavy atom. The van der Waals surface area contributed by atoms with Crippen molar-refractivity contribution in [3.05, 3.63) is 58.9 Å². The minimum Gasteiger partial charge on any atom is -0.498 e. The Bertz CT molecular complexity index is 664. The number of methoxy groups -OCH3 is 2. The van der Waals surface area contributed by atoms with E-state index < -0.39 is 0 Å². The van der Waals surface area contributed by atoms with Gasteiger partial charge in [0.2, 0.25) is 0 Å². The van der Waals surface area contributed by atoms with Crippen LogP contribution in [-0.4, -0.2) is 52.4 Å². The SMILES string of the molecule is CCC(COC(=O)/C(C)=C/C(C)=C(\COC)OC)(c1ccccc1)N(C)C. The second-order valence-corrected chi connectivity index (χ2v) is 6.79. The molecule has 150 valence electrons. The minimum atomic E-state index is -0.365. The van der Waals surface area contributed by atoms with Crippen molar-refractivity contribution in [3.8, 4) is 0 Å². The van der Waals surface area contributed by atoms with Crippen molar-refractivity contribution in [2.75, 3.05) is 41.5 Å². The van der Waals surface area contributed by atoms with Crippen LogP contribution in [0, 0.1) is 0 Å². The molecule has 27 heavy (non-hydrogen) atoms. The van der Waals surface area contributed by atoms with Crippen LogP contribution in [-0.2, 0) is 24.5 Å². The van der Waals surface area contributed by atoms with Crippen molar-refractivity contribution >= 4 is 5.97 Å². The summed E-state index contributed by atoms with van der Waals surface area (Å²) in [5.74, 6) is 0.350. The topological polar surface area (TPSA) is 48.0 Å². The van der Waals surface area contributed by atoms with Gasteiger partial charge in [0.15, 0.2) is 0 Å². The highest BCUT2D eigenvalue weighted by molar-refractivity contribution is 5.88. The Morgan fingerprint density at radius 2 is 1.78 bits per heavy atom. The first kappa shape index (κ1) is 22.9. The second-order valence-electron chi connectivity index (χ2n) is 6.79. The van der Waals surface area contributed by atoms with Crippen LogP contribution in [0.25, 0.3) is 0 Å². The fourth-order valence-electron chi connectivity index (χ4n) is 3.07. The second kappa shape index (κ2) is 10.9. The number of ether oxygens (including phenoxy) is 3. The van der Waals surface area contributed by atoms with E-state index in [1.165, 1.54) is 0 Å². The molecule has 0 aliphatic rings. The zero-order valence-electron chi connectivity index (χ0n) is 17.7. The monoisotopic (exact) mass is 375 g/mol. The van der Waals surface area contributed by atoms with E-state index in [-0.39, 0.29) is 18.1 Å². The summed E-state index contributed by atoms with van der Waals surface area (Å²) < 4.78 is 16.1. The number of esters is 1. The van der Waals surface area contributed by atoms with E-state index >= 15 is 0 Å². The van der Waals surface area contributed by atoms with Crippen molar-refractivity contribution in [1.82, 2.24) is 4.90 Å². The molecule has 1 aromatic rings. The van der Waals surface area contributed by atoms with Crippen LogP contribution >= 0.6 is 0 Å². The van der Waals surface area contributed by atoms with Crippen LogP contribution in [0.3, 0.4) is 0 Å². The molecular formula is C22H33NO4. The van der Waals surface area contributed by atoms with Crippen LogP contribution in [0.4, 0.5) is 0 Å². The first-order valence-electron chi connectivity index (χ1n) is 9.13. The van der Waals surface area contributed by atoms with Gasteiger partial charge in [-0.1, -0.05) is 37.3 Å². The lowest BCUT2D eigenvalue weighted by molar-refractivity contribution is -0.143. The standard InChI is InChI=1S/C22H33NO4/c1-8-22(23(4)5,19-12-10-9-11-13-19)16-27-21(24)18(3)14-17(2)20(26-7)15-25-6/h9-14H,8,15-16H2,1-7H3/b18-14+,20-17+. The Kier molecular flexibility index (Phi) is 9.26. The number of hydrogen-bond donors (Lipinski definition) is 0. The van der Waals surface area contributed by atoms with Gasteiger partial charge in [0.1, 0.15) is 19.0 Å². The molecule has 0 fully saturated rings. The summed E-state index contributed by atoms with van der Waals surface area (Å²) >= 11 is 0. The molecule has 0 aromatic heterocycles. The first-order chi connectivity index (χ1) is 12.8. The van der Waals surface area contributed by atoms with Gasteiger partial charge in [0.25, 0.3) is 0 Å². The quantitative estimate of drug-likeness (QED) is 0.269. The molecule has 5 heteroatoms. The van der Waals surface area contributed by atoms with Crippen molar-refractivity contribution in [2.45, 2.75) is 32.7 Å². The van der Waals surface area contributed by atoms with Crippen LogP contribution in [0.15, 0.2) is 53.3 Å². The third-order valence-corrected chi connectivity index (χ3v) is 4.91. The Morgan fingerprint density at radius 3 is 2.26 bits per heavy atom. The number of likely N-dealkylation sites (N-methyl/N-ethyl adjacent to an activating group) is 1. The fourth-order valence-corrected chi connectivity index (χ4v) is 3.07. The molecule has 0 N–H and O–H groups in total. The van der Waals surface area contributed by atoms with E-state index in [0.717, 1.165) is 17.6 Å². The van der Waals surface area contributed by atoms with Crippen LogP contribution in [0.5, 0.6) is 0 Å². The summed E-state index contributed by atoms with van der Waals surface area (Å²) in [5.41, 5.74) is 2.13. The maximum Gasteiger partial charge on any atom is 0.333 e. The van der Waals surface area contributed by atoms with Gasteiger partial charge in [-0.05, 0) is 51.6 Å². The number of carbonyl (C=O) groups is 1. The normalized spacial score (nSPS) is 15.2. The largest absolute Gasteiger partial charge is 0.498 e. The summed E-state index contributed by atoms with van der Waals surface area (Å²) in [7, 11) is 7.21. The highest BCUT2D eigenvalue weighted by Gasteiger charge is 2.34. The lowest BCUT2D eigenvalue weighted by Crippen LogP contribution is -2.45. The van der Waals surface area contributed by atoms with Gasteiger partial charge in [0, 0.05) is 12.7 Å². The predicted molar refractivity (Wildman–Crippen MR) is 108 cm³/mol. The number of allylic oxidation sites excluding steroid dienone is 2. The highest BCUT2D eigenvalue weighted by Crippen LogP contribution is 2.31. The van der Waals surface area contributed by atoms with Crippen molar-refractivity contribution in [2.24, 2.45) is 0 Å². The van der Waals surface area contributed by atoms with Crippen LogP contribution in [0.1, 0.15) is 32.8 Å². The molecule has 1 atom stereocenters. The van der Waals surface area contributed by atoms with Gasteiger partial charge in [-0.3, -0.25) is 4.90 Å². The number of carbonyl (C=O) groups excluding carboxylic acids is 1. The molecule has 0 saturated carbocycles. The molecule has 0 radical (unpaired) electrons. The average Bonchev–Trinajstić information content (AvgIpc) is 2.67. The lowest BCUT2D eigenvalue weighted by Gasteiger charge is -2.39. The number of rotatable bonds is 10. The van der Waals surface area contributed by atoms with Gasteiger partial charge in [-0.2, -0.15) is 0 Å². The summed E-state index contributed by atoms with van der Waals surface area (Å²) in [6.07, 6.45) is 2.59. The molecule has 1 aromatic carbocycles. The smallest absolute Gasteiger partial charge is 0.333 e. The molecule has 5 nitrogen and oxygen atoms in total. The van der Waals surface area contributed by atoms with Gasteiger partial charge < -0.3 is 14.2 Å². The first-order valence-corrected chi connectivity index (χ1v) is 9.13. The summed E-state index contributed by atoms with van der Waals surface area (Å²) in [6, 6.07) is 10.1. The number of nitrogens with zero attached hydrogens (tertiary/aromatic N) is 1. The number of hydrogen-bond acceptors (Lipinski definition) is 5. The van der Waals surface area contributed by atoms with E-state index in [2.05, 4.69) is 24.0 Å². The van der Waals surface area contributed by atoms with Crippen molar-refractivity contribution in [1.29, 1.82) is 0 Å². The molecule has 0 heterocycles. The molecule has 0 spiro atoms. The molecule has 0 aliphatic heterocycles. The average molecular weight is 376 g/mol. The summed E-state index contributed by atoms with van der Waals surface area (Å²) in [4.78, 5) is 14.7. The van der Waals surface area contributed by atoms with E-state index in [1.54, 1.807) is 27.2 Å². The number of benzene rings is 1. The van der Waals surface area contributed by atoms with Crippen molar-refractivity contribution < 1.29 is 19.0 Å². The zero-order valence-corrected chi connectivity index (χ0v) is 17.7. The molecule has 1 unspecified atom stereocenters. The minimum absolute atomic E-state index is 0.280. The Labute approximate surface area is 163 Å². The third-order valence-electron chi connectivity index (χ3n) is 4.91. The molecule has 0 saturated heterocycles. The van der Waals surface area contributed by atoms with Gasteiger partial charge in [0.05, 0.1) is 12.6 Å². The van der Waals surface area contributed by atoms with Crippen molar-refractivity contribution in [3.63, 3.8) is 0 Å². The summed E-state index contributed by atoms with van der Waals surface area (Å²) in [5, 5.41) is 0. The van der Waals surface area contributed by atoms with E-state index in [4.69, 9.17) is 14.2 Å². The van der Waals surface area contributed by atoms with Crippen LogP contribution in [0.2, 0.25) is 0 Å². The Hall–Kier alpha value is -2.11. The maximum atomic E-state index is 12.6. The summed E-state index contributed by atoms with van der Waals surface area (Å²) in [6.45, 7) is 6.37. The van der Waals surface area contributed by atoms with Crippen LogP contribution < -0.4 is 0 Å². The van der Waals surface area contributed by atoms with E-state index in [1.807, 2.05) is 39.2 Å².